The Labute approximate surface area is 75.2 Å². The molecule has 0 aromatic rings. The Morgan fingerprint density at radius 1 is 1.50 bits per heavy atom. The molecular formula is C10H19NO. The maximum atomic E-state index is 5.65. The van der Waals surface area contributed by atoms with E-state index in [4.69, 9.17) is 4.74 Å². The van der Waals surface area contributed by atoms with Crippen molar-refractivity contribution in [3.63, 3.8) is 0 Å². The fourth-order valence-corrected chi connectivity index (χ4v) is 1.64. The third-order valence-electron chi connectivity index (χ3n) is 2.29. The van der Waals surface area contributed by atoms with Crippen molar-refractivity contribution in [3.05, 3.63) is 11.5 Å². The molecule has 0 unspecified atom stereocenters. The molecule has 0 spiro atoms. The van der Waals surface area contributed by atoms with Gasteiger partial charge in [0.1, 0.15) is 12.4 Å². The number of hydrogen-bond donors (Lipinski definition) is 0. The lowest BCUT2D eigenvalue weighted by Crippen LogP contribution is -2.30. The standard InChI is InChI=1S/C10H19NO/c1-5-9-10(8(2)3)12-7-6-11(9)4/h8H,5-7H2,1-4H3. The van der Waals surface area contributed by atoms with Crippen LogP contribution in [0.4, 0.5) is 0 Å². The Morgan fingerprint density at radius 2 is 2.17 bits per heavy atom. The zero-order chi connectivity index (χ0) is 9.14. The van der Waals surface area contributed by atoms with E-state index in [1.165, 1.54) is 11.5 Å². The topological polar surface area (TPSA) is 12.5 Å². The summed E-state index contributed by atoms with van der Waals surface area (Å²) in [6, 6.07) is 0. The van der Waals surface area contributed by atoms with E-state index in [0.717, 1.165) is 19.6 Å². The molecule has 2 heteroatoms. The van der Waals surface area contributed by atoms with E-state index in [-0.39, 0.29) is 0 Å². The highest BCUT2D eigenvalue weighted by atomic mass is 16.5. The molecule has 0 N–H and O–H groups in total. The fraction of sp³-hybridized carbons (Fsp3) is 0.800. The zero-order valence-corrected chi connectivity index (χ0v) is 8.55. The van der Waals surface area contributed by atoms with Crippen LogP contribution in [0.5, 0.6) is 0 Å². The first-order chi connectivity index (χ1) is 5.66. The van der Waals surface area contributed by atoms with Crippen molar-refractivity contribution in [2.75, 3.05) is 20.2 Å². The lowest BCUT2D eigenvalue weighted by Gasteiger charge is -2.31. The maximum Gasteiger partial charge on any atom is 0.118 e. The number of hydrogen-bond acceptors (Lipinski definition) is 2. The van der Waals surface area contributed by atoms with Gasteiger partial charge in [-0.25, -0.2) is 0 Å². The lowest BCUT2D eigenvalue weighted by molar-refractivity contribution is 0.118. The molecule has 70 valence electrons. The molecule has 1 aliphatic heterocycles. The van der Waals surface area contributed by atoms with Crippen molar-refractivity contribution in [2.24, 2.45) is 5.92 Å². The highest BCUT2D eigenvalue weighted by Gasteiger charge is 2.18. The molecule has 0 bridgehead atoms. The van der Waals surface area contributed by atoms with Crippen LogP contribution in [-0.2, 0) is 4.74 Å². The minimum Gasteiger partial charge on any atom is -0.494 e. The molecule has 2 nitrogen and oxygen atoms in total. The van der Waals surface area contributed by atoms with Gasteiger partial charge in [0, 0.05) is 13.0 Å². The van der Waals surface area contributed by atoms with E-state index in [9.17, 15) is 0 Å². The normalized spacial score (nSPS) is 18.6. The Bertz CT molecular complexity index is 184. The molecule has 1 rings (SSSR count). The summed E-state index contributed by atoms with van der Waals surface area (Å²) in [6.45, 7) is 8.42. The molecule has 0 radical (unpaired) electrons. The van der Waals surface area contributed by atoms with Gasteiger partial charge in [-0.1, -0.05) is 20.8 Å². The van der Waals surface area contributed by atoms with Crippen LogP contribution in [0.15, 0.2) is 11.5 Å². The van der Waals surface area contributed by atoms with Crippen LogP contribution in [0, 0.1) is 5.92 Å². The largest absolute Gasteiger partial charge is 0.494 e. The highest BCUT2D eigenvalue weighted by Crippen LogP contribution is 2.24. The van der Waals surface area contributed by atoms with Crippen LogP contribution in [-0.4, -0.2) is 25.1 Å². The van der Waals surface area contributed by atoms with Gasteiger partial charge in [0.05, 0.1) is 12.2 Å². The van der Waals surface area contributed by atoms with Crippen LogP contribution in [0.1, 0.15) is 27.2 Å². The van der Waals surface area contributed by atoms with Gasteiger partial charge in [0.25, 0.3) is 0 Å². The molecule has 0 fully saturated rings. The number of allylic oxidation sites excluding steroid dienone is 2. The fourth-order valence-electron chi connectivity index (χ4n) is 1.64. The van der Waals surface area contributed by atoms with Gasteiger partial charge in [0.15, 0.2) is 0 Å². The Balaban J connectivity index is 2.86. The first-order valence-electron chi connectivity index (χ1n) is 4.73. The number of nitrogens with zero attached hydrogens (tertiary/aromatic N) is 1. The van der Waals surface area contributed by atoms with Crippen molar-refractivity contribution < 1.29 is 4.74 Å². The van der Waals surface area contributed by atoms with Crippen molar-refractivity contribution >= 4 is 0 Å². The molecule has 0 aromatic carbocycles. The van der Waals surface area contributed by atoms with Gasteiger partial charge in [0.2, 0.25) is 0 Å². The van der Waals surface area contributed by atoms with Crippen LogP contribution >= 0.6 is 0 Å². The summed E-state index contributed by atoms with van der Waals surface area (Å²) in [5.74, 6) is 1.70. The molecule has 1 heterocycles. The second-order valence-corrected chi connectivity index (χ2v) is 3.59. The van der Waals surface area contributed by atoms with Crippen molar-refractivity contribution in [1.82, 2.24) is 4.90 Å². The van der Waals surface area contributed by atoms with Crippen molar-refractivity contribution in [3.8, 4) is 0 Å². The van der Waals surface area contributed by atoms with Gasteiger partial charge >= 0.3 is 0 Å². The number of rotatable bonds is 2. The Kier molecular flexibility index (Phi) is 3.01. The lowest BCUT2D eigenvalue weighted by atomic mass is 10.1. The summed E-state index contributed by atoms with van der Waals surface area (Å²) >= 11 is 0. The molecule has 0 atom stereocenters. The van der Waals surface area contributed by atoms with Gasteiger partial charge < -0.3 is 9.64 Å². The summed E-state index contributed by atoms with van der Waals surface area (Å²) in [7, 11) is 2.14. The molecule has 0 amide bonds. The molecule has 0 aromatic heterocycles. The van der Waals surface area contributed by atoms with E-state index in [1.54, 1.807) is 0 Å². The summed E-state index contributed by atoms with van der Waals surface area (Å²) in [6.07, 6.45) is 1.07. The van der Waals surface area contributed by atoms with E-state index < -0.39 is 0 Å². The number of ether oxygens (including phenoxy) is 1. The van der Waals surface area contributed by atoms with Crippen LogP contribution in [0.2, 0.25) is 0 Å². The second kappa shape index (κ2) is 3.83. The SMILES string of the molecule is CCC1=C(C(C)C)OCCN1C. The minimum absolute atomic E-state index is 0.516. The maximum absolute atomic E-state index is 5.65. The molecular weight excluding hydrogens is 150 g/mol. The molecule has 0 saturated carbocycles. The second-order valence-electron chi connectivity index (χ2n) is 3.59. The average molecular weight is 169 g/mol. The minimum atomic E-state index is 0.516. The van der Waals surface area contributed by atoms with E-state index in [1.807, 2.05) is 0 Å². The molecule has 1 aliphatic rings. The van der Waals surface area contributed by atoms with Crippen LogP contribution in [0.3, 0.4) is 0 Å². The zero-order valence-electron chi connectivity index (χ0n) is 8.55. The predicted molar refractivity (Wildman–Crippen MR) is 50.7 cm³/mol. The molecule has 0 saturated heterocycles. The van der Waals surface area contributed by atoms with Gasteiger partial charge in [-0.3, -0.25) is 0 Å². The predicted octanol–water partition coefficient (Wildman–Crippen LogP) is 2.23. The molecule has 0 aliphatic carbocycles. The summed E-state index contributed by atoms with van der Waals surface area (Å²) in [4.78, 5) is 2.30. The third-order valence-corrected chi connectivity index (χ3v) is 2.29. The van der Waals surface area contributed by atoms with E-state index in [0.29, 0.717) is 5.92 Å². The number of likely N-dealkylation sites (N-methyl/N-ethyl adjacent to an activating group) is 1. The van der Waals surface area contributed by atoms with E-state index >= 15 is 0 Å². The summed E-state index contributed by atoms with van der Waals surface area (Å²) < 4.78 is 5.65. The van der Waals surface area contributed by atoms with Gasteiger partial charge in [-0.05, 0) is 6.42 Å². The third kappa shape index (κ3) is 1.74. The smallest absolute Gasteiger partial charge is 0.118 e. The summed E-state index contributed by atoms with van der Waals surface area (Å²) in [5.41, 5.74) is 1.37. The van der Waals surface area contributed by atoms with Crippen molar-refractivity contribution in [1.29, 1.82) is 0 Å². The first-order valence-corrected chi connectivity index (χ1v) is 4.73. The van der Waals surface area contributed by atoms with Gasteiger partial charge in [-0.15, -0.1) is 0 Å². The van der Waals surface area contributed by atoms with Crippen molar-refractivity contribution in [2.45, 2.75) is 27.2 Å². The molecule has 12 heavy (non-hydrogen) atoms. The average Bonchev–Trinajstić information content (AvgIpc) is 2.03. The summed E-state index contributed by atoms with van der Waals surface area (Å²) in [5, 5.41) is 0. The highest BCUT2D eigenvalue weighted by molar-refractivity contribution is 5.10. The first kappa shape index (κ1) is 9.43. The van der Waals surface area contributed by atoms with Gasteiger partial charge in [-0.2, -0.15) is 0 Å². The quantitative estimate of drug-likeness (QED) is 0.628. The van der Waals surface area contributed by atoms with E-state index in [2.05, 4.69) is 32.7 Å². The Hall–Kier alpha value is -0.660. The van der Waals surface area contributed by atoms with Crippen LogP contribution in [0.25, 0.3) is 0 Å². The van der Waals surface area contributed by atoms with Crippen LogP contribution < -0.4 is 0 Å². The Morgan fingerprint density at radius 3 is 2.58 bits per heavy atom. The monoisotopic (exact) mass is 169 g/mol.